The van der Waals surface area contributed by atoms with Crippen molar-refractivity contribution in [2.24, 2.45) is 16.8 Å². The van der Waals surface area contributed by atoms with Gasteiger partial charge in [0.2, 0.25) is 5.96 Å². The van der Waals surface area contributed by atoms with Crippen LogP contribution in [0.5, 0.6) is 0 Å². The number of aliphatic imine (C=N–C) groups is 1. The van der Waals surface area contributed by atoms with Crippen LogP contribution in [0.15, 0.2) is 4.99 Å². The second kappa shape index (κ2) is 6.65. The van der Waals surface area contributed by atoms with Gasteiger partial charge in [-0.3, -0.25) is 10.4 Å². The summed E-state index contributed by atoms with van der Waals surface area (Å²) in [5.74, 6) is 7.06. The zero-order chi connectivity index (χ0) is 10.2. The first-order chi connectivity index (χ1) is 6.86. The van der Waals surface area contributed by atoms with Crippen LogP contribution in [0, 0.1) is 5.92 Å². The molecular formula is C10H22N4. The van der Waals surface area contributed by atoms with Crippen molar-refractivity contribution in [2.75, 3.05) is 13.1 Å². The Hall–Kier alpha value is -0.770. The molecule has 0 unspecified atom stereocenters. The van der Waals surface area contributed by atoms with E-state index < -0.39 is 0 Å². The molecule has 1 aliphatic carbocycles. The predicted octanol–water partition coefficient (Wildman–Crippen LogP) is 0.995. The van der Waals surface area contributed by atoms with E-state index in [2.05, 4.69) is 22.7 Å². The van der Waals surface area contributed by atoms with Gasteiger partial charge < -0.3 is 5.32 Å². The summed E-state index contributed by atoms with van der Waals surface area (Å²) >= 11 is 0. The first kappa shape index (κ1) is 11.3. The van der Waals surface area contributed by atoms with Crippen molar-refractivity contribution in [3.8, 4) is 0 Å². The van der Waals surface area contributed by atoms with E-state index in [9.17, 15) is 0 Å². The standard InChI is InChI=1S/C10H22N4/c1-2-7-12-10(14-11)13-8-3-4-9-5-6-9/h9H,2-8,11H2,1H3,(H2,12,13,14). The molecule has 4 heteroatoms. The summed E-state index contributed by atoms with van der Waals surface area (Å²) in [5, 5.41) is 3.20. The first-order valence-electron chi connectivity index (χ1n) is 5.61. The van der Waals surface area contributed by atoms with Crippen molar-refractivity contribution >= 4 is 5.96 Å². The number of hydrogen-bond donors (Lipinski definition) is 3. The predicted molar refractivity (Wildman–Crippen MR) is 59.9 cm³/mol. The van der Waals surface area contributed by atoms with E-state index in [1.54, 1.807) is 0 Å². The van der Waals surface area contributed by atoms with E-state index in [1.807, 2.05) is 0 Å². The molecular weight excluding hydrogens is 176 g/mol. The monoisotopic (exact) mass is 198 g/mol. The van der Waals surface area contributed by atoms with E-state index in [0.717, 1.165) is 31.4 Å². The van der Waals surface area contributed by atoms with Crippen LogP contribution in [-0.4, -0.2) is 19.0 Å². The van der Waals surface area contributed by atoms with Gasteiger partial charge in [0.15, 0.2) is 0 Å². The largest absolute Gasteiger partial charge is 0.355 e. The molecule has 1 fully saturated rings. The number of nitrogens with two attached hydrogens (primary N) is 1. The van der Waals surface area contributed by atoms with Gasteiger partial charge in [-0.1, -0.05) is 19.8 Å². The van der Waals surface area contributed by atoms with Gasteiger partial charge >= 0.3 is 0 Å². The van der Waals surface area contributed by atoms with E-state index in [1.165, 1.54) is 25.7 Å². The van der Waals surface area contributed by atoms with Gasteiger partial charge in [0.1, 0.15) is 0 Å². The molecule has 1 saturated carbocycles. The highest BCUT2D eigenvalue weighted by atomic mass is 15.3. The summed E-state index contributed by atoms with van der Waals surface area (Å²) in [5.41, 5.74) is 2.58. The Morgan fingerprint density at radius 3 is 2.86 bits per heavy atom. The maximum atomic E-state index is 5.32. The van der Waals surface area contributed by atoms with Gasteiger partial charge in [-0.05, 0) is 25.2 Å². The average Bonchev–Trinajstić information content (AvgIpc) is 3.01. The summed E-state index contributed by atoms with van der Waals surface area (Å²) in [6.07, 6.45) is 6.49. The van der Waals surface area contributed by atoms with Crippen molar-refractivity contribution in [3.63, 3.8) is 0 Å². The maximum Gasteiger partial charge on any atom is 0.205 e. The number of hydrazine groups is 1. The van der Waals surface area contributed by atoms with Gasteiger partial charge in [-0.25, -0.2) is 5.84 Å². The van der Waals surface area contributed by atoms with Crippen LogP contribution in [0.1, 0.15) is 39.0 Å². The summed E-state index contributed by atoms with van der Waals surface area (Å²) in [6, 6.07) is 0. The number of nitrogens with zero attached hydrogens (tertiary/aromatic N) is 1. The Balaban J connectivity index is 2.00. The second-order valence-corrected chi connectivity index (χ2v) is 3.89. The number of nitrogens with one attached hydrogen (secondary N) is 2. The molecule has 0 radical (unpaired) electrons. The smallest absolute Gasteiger partial charge is 0.205 e. The third kappa shape index (κ3) is 5.07. The average molecular weight is 198 g/mol. The van der Waals surface area contributed by atoms with Crippen molar-refractivity contribution in [1.29, 1.82) is 0 Å². The minimum Gasteiger partial charge on any atom is -0.355 e. The summed E-state index contributed by atoms with van der Waals surface area (Å²) < 4.78 is 0. The molecule has 0 aromatic rings. The molecule has 0 spiro atoms. The maximum absolute atomic E-state index is 5.32. The lowest BCUT2D eigenvalue weighted by Gasteiger charge is -2.08. The van der Waals surface area contributed by atoms with Gasteiger partial charge in [0.25, 0.3) is 0 Å². The quantitative estimate of drug-likeness (QED) is 0.196. The lowest BCUT2D eigenvalue weighted by atomic mass is 10.2. The molecule has 0 aromatic carbocycles. The van der Waals surface area contributed by atoms with E-state index in [0.29, 0.717) is 0 Å². The molecule has 1 aliphatic rings. The van der Waals surface area contributed by atoms with E-state index >= 15 is 0 Å². The highest BCUT2D eigenvalue weighted by Crippen LogP contribution is 2.33. The van der Waals surface area contributed by atoms with Crippen LogP contribution in [0.3, 0.4) is 0 Å². The van der Waals surface area contributed by atoms with Crippen molar-refractivity contribution in [1.82, 2.24) is 10.7 Å². The molecule has 0 amide bonds. The Bertz CT molecular complexity index is 175. The molecule has 0 aromatic heterocycles. The van der Waals surface area contributed by atoms with Crippen molar-refractivity contribution < 1.29 is 0 Å². The Morgan fingerprint density at radius 2 is 2.29 bits per heavy atom. The number of rotatable bonds is 6. The zero-order valence-electron chi connectivity index (χ0n) is 9.05. The van der Waals surface area contributed by atoms with Crippen molar-refractivity contribution in [3.05, 3.63) is 0 Å². The molecule has 4 nitrogen and oxygen atoms in total. The van der Waals surface area contributed by atoms with Crippen LogP contribution in [-0.2, 0) is 0 Å². The molecule has 0 bridgehead atoms. The Labute approximate surface area is 86.3 Å². The van der Waals surface area contributed by atoms with Gasteiger partial charge in [0, 0.05) is 13.1 Å². The van der Waals surface area contributed by atoms with Gasteiger partial charge in [-0.15, -0.1) is 0 Å². The first-order valence-corrected chi connectivity index (χ1v) is 5.61. The molecule has 0 aliphatic heterocycles. The summed E-state index contributed by atoms with van der Waals surface area (Å²) in [7, 11) is 0. The van der Waals surface area contributed by atoms with Crippen LogP contribution in [0.2, 0.25) is 0 Å². The molecule has 0 atom stereocenters. The molecule has 0 heterocycles. The molecule has 4 N–H and O–H groups in total. The SMILES string of the molecule is CCCN=C(NN)NCCCC1CC1. The van der Waals surface area contributed by atoms with Gasteiger partial charge in [0.05, 0.1) is 0 Å². The van der Waals surface area contributed by atoms with E-state index in [4.69, 9.17) is 5.84 Å². The van der Waals surface area contributed by atoms with Crippen LogP contribution in [0.4, 0.5) is 0 Å². The Kier molecular flexibility index (Phi) is 5.37. The Morgan fingerprint density at radius 1 is 1.50 bits per heavy atom. The normalized spacial score (nSPS) is 16.9. The second-order valence-electron chi connectivity index (χ2n) is 3.89. The zero-order valence-corrected chi connectivity index (χ0v) is 9.05. The fourth-order valence-electron chi connectivity index (χ4n) is 1.38. The lowest BCUT2D eigenvalue weighted by molar-refractivity contribution is 0.645. The van der Waals surface area contributed by atoms with Crippen LogP contribution < -0.4 is 16.6 Å². The van der Waals surface area contributed by atoms with Crippen LogP contribution in [0.25, 0.3) is 0 Å². The third-order valence-electron chi connectivity index (χ3n) is 2.41. The third-order valence-corrected chi connectivity index (χ3v) is 2.41. The van der Waals surface area contributed by atoms with Crippen molar-refractivity contribution in [2.45, 2.75) is 39.0 Å². The molecule has 0 saturated heterocycles. The fraction of sp³-hybridized carbons (Fsp3) is 0.900. The molecule has 14 heavy (non-hydrogen) atoms. The fourth-order valence-corrected chi connectivity index (χ4v) is 1.38. The van der Waals surface area contributed by atoms with Gasteiger partial charge in [-0.2, -0.15) is 0 Å². The molecule has 1 rings (SSSR count). The minimum atomic E-state index is 0.725. The summed E-state index contributed by atoms with van der Waals surface area (Å²) in [4.78, 5) is 4.26. The summed E-state index contributed by atoms with van der Waals surface area (Å²) in [6.45, 7) is 3.91. The number of guanidine groups is 1. The number of hydrogen-bond acceptors (Lipinski definition) is 2. The lowest BCUT2D eigenvalue weighted by Crippen LogP contribution is -2.42. The van der Waals surface area contributed by atoms with E-state index in [-0.39, 0.29) is 0 Å². The van der Waals surface area contributed by atoms with Crippen LogP contribution >= 0.6 is 0 Å². The molecule has 82 valence electrons. The minimum absolute atomic E-state index is 0.725. The topological polar surface area (TPSA) is 62.4 Å². The highest BCUT2D eigenvalue weighted by Gasteiger charge is 2.19. The highest BCUT2D eigenvalue weighted by molar-refractivity contribution is 5.79.